The molecular weight excluding hydrogens is 977 g/mol. The molecule has 0 N–H and O–H groups in total. The Bertz CT molecular complexity index is 3270. The Labute approximate surface area is 433 Å². The lowest BCUT2D eigenvalue weighted by molar-refractivity contribution is -0.0619. The van der Waals surface area contributed by atoms with Crippen molar-refractivity contribution in [2.45, 2.75) is 102 Å². The van der Waals surface area contributed by atoms with Crippen molar-refractivity contribution in [3.8, 4) is 11.5 Å². The molecule has 0 aliphatic rings. The van der Waals surface area contributed by atoms with Crippen LogP contribution in [0.1, 0.15) is 74.9 Å². The van der Waals surface area contributed by atoms with Gasteiger partial charge in [-0.05, 0) is 151 Å². The van der Waals surface area contributed by atoms with E-state index in [9.17, 15) is 26.4 Å². The summed E-state index contributed by atoms with van der Waals surface area (Å²) >= 11 is 0. The van der Waals surface area contributed by atoms with Crippen LogP contribution >= 0.6 is 0 Å². The molecule has 0 unspecified atom stereocenters. The average Bonchev–Trinajstić information content (AvgIpc) is 3.92. The molecule has 0 fully saturated rings. The van der Waals surface area contributed by atoms with Gasteiger partial charge in [0, 0.05) is 23.2 Å². The van der Waals surface area contributed by atoms with Crippen LogP contribution < -0.4 is 9.47 Å². The lowest BCUT2D eigenvalue weighted by Gasteiger charge is -2.36. The molecule has 0 saturated carbocycles. The van der Waals surface area contributed by atoms with Crippen molar-refractivity contribution in [1.29, 1.82) is 0 Å². The molecule has 2 heterocycles. The predicted octanol–water partition coefficient (Wildman–Crippen LogP) is 12.0. The maximum Gasteiger partial charge on any atom is 0.429 e. The quantitative estimate of drug-likeness (QED) is 0.0854. The molecule has 14 nitrogen and oxygen atoms in total. The first-order valence-electron chi connectivity index (χ1n) is 24.3. The molecule has 2 aromatic heterocycles. The fourth-order valence-electron chi connectivity index (χ4n) is 8.30. The summed E-state index contributed by atoms with van der Waals surface area (Å²) in [4.78, 5) is 29.4. The van der Waals surface area contributed by atoms with E-state index < -0.39 is 43.4 Å². The molecule has 8 rings (SSSR count). The predicted molar refractivity (Wildman–Crippen MR) is 286 cm³/mol. The van der Waals surface area contributed by atoms with Gasteiger partial charge in [0.05, 0.1) is 33.9 Å². The molecule has 16 heteroatoms. The number of amides is 2. The molecular formula is C58H62N4O10S2. The number of aryl methyl sites for hydroxylation is 2. The van der Waals surface area contributed by atoms with Gasteiger partial charge in [0.15, 0.2) is 0 Å². The van der Waals surface area contributed by atoms with Gasteiger partial charge in [-0.2, -0.15) is 0 Å². The molecule has 0 radical (unpaired) electrons. The van der Waals surface area contributed by atoms with Crippen molar-refractivity contribution in [1.82, 2.24) is 18.0 Å². The Morgan fingerprint density at radius 3 is 1.18 bits per heavy atom. The van der Waals surface area contributed by atoms with Crippen LogP contribution in [0, 0.1) is 13.8 Å². The van der Waals surface area contributed by atoms with Crippen molar-refractivity contribution in [2.75, 3.05) is 13.1 Å². The van der Waals surface area contributed by atoms with Crippen molar-refractivity contribution in [3.63, 3.8) is 0 Å². The lowest BCUT2D eigenvalue weighted by Crippen LogP contribution is -2.54. The number of hydrogen-bond acceptors (Lipinski definition) is 10. The van der Waals surface area contributed by atoms with E-state index >= 15 is 0 Å². The summed E-state index contributed by atoms with van der Waals surface area (Å²) < 4.78 is 84.6. The van der Waals surface area contributed by atoms with Crippen molar-refractivity contribution in [2.24, 2.45) is 0 Å². The molecule has 2 amide bonds. The van der Waals surface area contributed by atoms with Crippen LogP contribution in [0.4, 0.5) is 9.59 Å². The van der Waals surface area contributed by atoms with Gasteiger partial charge in [-0.3, -0.25) is 0 Å². The van der Waals surface area contributed by atoms with E-state index in [1.807, 2.05) is 74.5 Å². The number of fused-ring (bicyclic) bond motifs is 2. The van der Waals surface area contributed by atoms with Crippen LogP contribution in [-0.2, 0) is 55.6 Å². The molecule has 8 aromatic rings. The van der Waals surface area contributed by atoms with Crippen LogP contribution in [0.2, 0.25) is 0 Å². The number of hydrazine groups is 1. The number of ether oxygens (including phenoxy) is 4. The highest BCUT2D eigenvalue weighted by Gasteiger charge is 2.34. The van der Waals surface area contributed by atoms with Gasteiger partial charge in [-0.15, -0.1) is 0 Å². The highest BCUT2D eigenvalue weighted by atomic mass is 32.2. The van der Waals surface area contributed by atoms with Gasteiger partial charge in [-0.1, -0.05) is 96.1 Å². The maximum atomic E-state index is 14.6. The Morgan fingerprint density at radius 1 is 0.486 bits per heavy atom. The minimum absolute atomic E-state index is 0.0316. The second-order valence-corrected chi connectivity index (χ2v) is 23.8. The Morgan fingerprint density at radius 2 is 0.838 bits per heavy atom. The zero-order chi connectivity index (χ0) is 53.0. The van der Waals surface area contributed by atoms with Crippen LogP contribution in [0.25, 0.3) is 21.8 Å². The van der Waals surface area contributed by atoms with E-state index in [4.69, 9.17) is 18.9 Å². The zero-order valence-electron chi connectivity index (χ0n) is 42.9. The second-order valence-electron chi connectivity index (χ2n) is 20.1. The molecule has 74 heavy (non-hydrogen) atoms. The summed E-state index contributed by atoms with van der Waals surface area (Å²) in [5, 5.41) is 3.44. The number of benzene rings is 6. The molecule has 0 aliphatic heterocycles. The average molecular weight is 1040 g/mol. The van der Waals surface area contributed by atoms with Crippen molar-refractivity contribution >= 4 is 54.0 Å². The molecule has 0 saturated heterocycles. The van der Waals surface area contributed by atoms with Gasteiger partial charge >= 0.3 is 12.2 Å². The van der Waals surface area contributed by atoms with Gasteiger partial charge < -0.3 is 18.9 Å². The molecule has 0 atom stereocenters. The van der Waals surface area contributed by atoms with Crippen LogP contribution in [0.15, 0.2) is 168 Å². The molecule has 0 bridgehead atoms. The van der Waals surface area contributed by atoms with E-state index in [0.717, 1.165) is 22.3 Å². The van der Waals surface area contributed by atoms with Gasteiger partial charge in [0.1, 0.15) is 35.9 Å². The third kappa shape index (κ3) is 12.4. The topological polar surface area (TPSA) is 156 Å². The molecule has 6 aromatic carbocycles. The van der Waals surface area contributed by atoms with Gasteiger partial charge in [-0.25, -0.2) is 44.4 Å². The molecule has 386 valence electrons. The highest BCUT2D eigenvalue weighted by molar-refractivity contribution is 7.90. The van der Waals surface area contributed by atoms with E-state index in [2.05, 4.69) is 0 Å². The number of aromatic nitrogens is 2. The smallest absolute Gasteiger partial charge is 0.429 e. The minimum Gasteiger partial charge on any atom is -0.489 e. The van der Waals surface area contributed by atoms with E-state index in [1.54, 1.807) is 126 Å². The zero-order valence-corrected chi connectivity index (χ0v) is 44.6. The number of carbonyl (C=O) groups is 2. The SMILES string of the molecule is Cc1ccc(S(=O)(=O)n2cc(CCN(C(=O)OC(C)(C)C)N(CCc3cn(S(=O)(=O)c4ccc(C)cc4)c4ccc(OCc5ccccc5)cc34)C(=O)OC(C)(C)C)c3cc(OCc4ccccc4)ccc32)cc1. The third-order valence-electron chi connectivity index (χ3n) is 12.0. The summed E-state index contributed by atoms with van der Waals surface area (Å²) in [5.74, 6) is 0.981. The third-order valence-corrected chi connectivity index (χ3v) is 15.4. The summed E-state index contributed by atoms with van der Waals surface area (Å²) in [6, 6.07) is 42.8. The van der Waals surface area contributed by atoms with Gasteiger partial charge in [0.25, 0.3) is 20.0 Å². The largest absolute Gasteiger partial charge is 0.489 e. The van der Waals surface area contributed by atoms with E-state index in [0.29, 0.717) is 44.4 Å². The molecule has 0 spiro atoms. The van der Waals surface area contributed by atoms with Crippen LogP contribution in [0.5, 0.6) is 11.5 Å². The van der Waals surface area contributed by atoms with Crippen LogP contribution in [0.3, 0.4) is 0 Å². The number of nitrogens with zero attached hydrogens (tertiary/aromatic N) is 4. The number of hydrogen-bond donors (Lipinski definition) is 0. The first-order chi connectivity index (χ1) is 35.1. The second kappa shape index (κ2) is 21.5. The first-order valence-corrected chi connectivity index (χ1v) is 27.2. The fourth-order valence-corrected chi connectivity index (χ4v) is 11.1. The van der Waals surface area contributed by atoms with Crippen LogP contribution in [-0.4, -0.2) is 71.3 Å². The Hall–Kier alpha value is -7.56. The fraction of sp³-hybridized carbons (Fsp3) is 0.276. The van der Waals surface area contributed by atoms with Gasteiger partial charge in [0.2, 0.25) is 0 Å². The summed E-state index contributed by atoms with van der Waals surface area (Å²) in [6.45, 7) is 14.2. The Kier molecular flexibility index (Phi) is 15.3. The summed E-state index contributed by atoms with van der Waals surface area (Å²) in [6.07, 6.45) is 1.40. The maximum absolute atomic E-state index is 14.6. The highest BCUT2D eigenvalue weighted by Crippen LogP contribution is 2.33. The monoisotopic (exact) mass is 1040 g/mol. The lowest BCUT2D eigenvalue weighted by atomic mass is 10.1. The first kappa shape index (κ1) is 52.8. The van der Waals surface area contributed by atoms with Crippen molar-refractivity contribution < 1.29 is 45.4 Å². The number of carbonyl (C=O) groups excluding carboxylic acids is 2. The molecule has 0 aliphatic carbocycles. The van der Waals surface area contributed by atoms with E-state index in [1.165, 1.54) is 30.4 Å². The normalized spacial score (nSPS) is 12.2. The number of rotatable bonds is 16. The Balaban J connectivity index is 1.19. The van der Waals surface area contributed by atoms with Crippen molar-refractivity contribution in [3.05, 3.63) is 191 Å². The summed E-state index contributed by atoms with van der Waals surface area (Å²) in [7, 11) is -8.27. The minimum atomic E-state index is -4.13. The summed E-state index contributed by atoms with van der Waals surface area (Å²) in [5.41, 5.74) is 3.49. The standard InChI is InChI=1S/C58H62N4O10S2/c1-41-19-25-49(26-20-41)73(65,66)61-37-45(51-35-47(23-29-53(51)61)69-39-43-15-11-9-12-16-43)31-33-59(55(63)71-57(3,4)5)60(56(64)72-58(6,7)8)34-32-46-38-62(74(67,68)50-27-21-42(2)22-28-50)54-30-24-48(36-52(46)54)70-40-44-17-13-10-14-18-44/h9-30,35-38H,31-34,39-40H2,1-8H3. The van der Waals surface area contributed by atoms with E-state index in [-0.39, 0.29) is 48.9 Å².